The second kappa shape index (κ2) is 6.25. The molecular weight excluding hydrogens is 290 g/mol. The van der Waals surface area contributed by atoms with Crippen molar-refractivity contribution in [1.29, 1.82) is 0 Å². The molecule has 0 spiro atoms. The number of nitro groups is 1. The minimum absolute atomic E-state index is 0.0420. The maximum Gasteiger partial charge on any atom is 0.303 e. The van der Waals surface area contributed by atoms with Crippen LogP contribution in [0.3, 0.4) is 0 Å². The van der Waals surface area contributed by atoms with Gasteiger partial charge in [0.2, 0.25) is 0 Å². The Balaban J connectivity index is 2.16. The molecule has 2 aromatic rings. The number of hydrogen-bond acceptors (Lipinski definition) is 4. The Hall–Kier alpha value is -2.90. The molecule has 1 heterocycles. The Bertz CT molecular complexity index is 737. The van der Waals surface area contributed by atoms with E-state index in [1.165, 1.54) is 24.4 Å². The van der Waals surface area contributed by atoms with E-state index in [1.54, 1.807) is 6.92 Å². The highest BCUT2D eigenvalue weighted by molar-refractivity contribution is 6.07. The van der Waals surface area contributed by atoms with Crippen molar-refractivity contribution < 1.29 is 19.6 Å². The lowest BCUT2D eigenvalue weighted by atomic mass is 10.1. The number of carbonyl (C=O) groups excluding carboxylic acids is 1. The number of carboxylic acid groups (broad SMARTS) is 1. The third-order valence-electron chi connectivity index (χ3n) is 3.25. The fourth-order valence-electron chi connectivity index (χ4n) is 2.14. The van der Waals surface area contributed by atoms with Gasteiger partial charge in [-0.2, -0.15) is 0 Å². The summed E-state index contributed by atoms with van der Waals surface area (Å²) in [5.74, 6) is -1.53. The number of aromatic nitrogens is 1. The molecule has 0 aliphatic carbocycles. The van der Waals surface area contributed by atoms with E-state index < -0.39 is 16.8 Å². The van der Waals surface area contributed by atoms with E-state index in [-0.39, 0.29) is 24.6 Å². The van der Waals surface area contributed by atoms with Gasteiger partial charge < -0.3 is 15.4 Å². The summed E-state index contributed by atoms with van der Waals surface area (Å²) in [4.78, 5) is 35.9. The highest BCUT2D eigenvalue weighted by Gasteiger charge is 2.16. The van der Waals surface area contributed by atoms with E-state index in [9.17, 15) is 19.7 Å². The van der Waals surface area contributed by atoms with E-state index in [2.05, 4.69) is 10.3 Å². The van der Waals surface area contributed by atoms with Gasteiger partial charge in [0.1, 0.15) is 0 Å². The average molecular weight is 305 g/mol. The summed E-state index contributed by atoms with van der Waals surface area (Å²) in [5, 5.41) is 22.6. The quantitative estimate of drug-likeness (QED) is 0.555. The van der Waals surface area contributed by atoms with E-state index in [0.29, 0.717) is 16.5 Å². The molecule has 0 aliphatic heterocycles. The molecule has 0 aliphatic rings. The molecule has 1 amide bonds. The van der Waals surface area contributed by atoms with Crippen LogP contribution in [0.15, 0.2) is 24.4 Å². The SMILES string of the molecule is CC(CNC(=O)c1c[nH]c2ccc([N+](=O)[O-])cc12)CC(=O)O. The second-order valence-corrected chi connectivity index (χ2v) is 5.10. The van der Waals surface area contributed by atoms with Crippen LogP contribution >= 0.6 is 0 Å². The number of nitro benzene ring substituents is 1. The largest absolute Gasteiger partial charge is 0.481 e. The first-order chi connectivity index (χ1) is 10.4. The number of rotatable bonds is 6. The fraction of sp³-hybridized carbons (Fsp3) is 0.286. The van der Waals surface area contributed by atoms with Crippen molar-refractivity contribution in [2.75, 3.05) is 6.54 Å². The predicted molar refractivity (Wildman–Crippen MR) is 78.7 cm³/mol. The maximum absolute atomic E-state index is 12.1. The van der Waals surface area contributed by atoms with Crippen LogP contribution in [0, 0.1) is 16.0 Å². The fourth-order valence-corrected chi connectivity index (χ4v) is 2.14. The summed E-state index contributed by atoms with van der Waals surface area (Å²) >= 11 is 0. The molecule has 0 saturated carbocycles. The van der Waals surface area contributed by atoms with Gasteiger partial charge in [-0.3, -0.25) is 19.7 Å². The summed E-state index contributed by atoms with van der Waals surface area (Å²) in [6, 6.07) is 4.23. The lowest BCUT2D eigenvalue weighted by Gasteiger charge is -2.09. The number of nitrogens with zero attached hydrogens (tertiary/aromatic N) is 1. The summed E-state index contributed by atoms with van der Waals surface area (Å²) in [6.45, 7) is 1.93. The minimum Gasteiger partial charge on any atom is -0.481 e. The average Bonchev–Trinajstić information content (AvgIpc) is 2.86. The van der Waals surface area contributed by atoms with Crippen molar-refractivity contribution in [2.45, 2.75) is 13.3 Å². The number of non-ortho nitro benzene ring substituents is 1. The third kappa shape index (κ3) is 3.40. The zero-order valence-corrected chi connectivity index (χ0v) is 11.8. The van der Waals surface area contributed by atoms with Crippen LogP contribution in [0.25, 0.3) is 10.9 Å². The summed E-state index contributed by atoms with van der Waals surface area (Å²) < 4.78 is 0. The number of benzene rings is 1. The third-order valence-corrected chi connectivity index (χ3v) is 3.25. The molecule has 0 fully saturated rings. The van der Waals surface area contributed by atoms with Crippen molar-refractivity contribution in [2.24, 2.45) is 5.92 Å². The monoisotopic (exact) mass is 305 g/mol. The molecule has 0 radical (unpaired) electrons. The number of aromatic amines is 1. The van der Waals surface area contributed by atoms with Gasteiger partial charge in [-0.25, -0.2) is 0 Å². The molecule has 0 saturated heterocycles. The highest BCUT2D eigenvalue weighted by atomic mass is 16.6. The zero-order chi connectivity index (χ0) is 16.3. The molecule has 3 N–H and O–H groups in total. The van der Waals surface area contributed by atoms with Gasteiger partial charge in [0.25, 0.3) is 11.6 Å². The predicted octanol–water partition coefficient (Wildman–Crippen LogP) is 1.92. The summed E-state index contributed by atoms with van der Waals surface area (Å²) in [6.07, 6.45) is 1.44. The Kier molecular flexibility index (Phi) is 4.40. The molecule has 1 atom stereocenters. The smallest absolute Gasteiger partial charge is 0.303 e. The van der Waals surface area contributed by atoms with Crippen LogP contribution in [0.2, 0.25) is 0 Å². The second-order valence-electron chi connectivity index (χ2n) is 5.10. The highest BCUT2D eigenvalue weighted by Crippen LogP contribution is 2.23. The van der Waals surface area contributed by atoms with Gasteiger partial charge in [-0.05, 0) is 12.0 Å². The van der Waals surface area contributed by atoms with Crippen molar-refractivity contribution >= 4 is 28.5 Å². The van der Waals surface area contributed by atoms with Gasteiger partial charge in [-0.1, -0.05) is 6.92 Å². The summed E-state index contributed by atoms with van der Waals surface area (Å²) in [7, 11) is 0. The molecule has 22 heavy (non-hydrogen) atoms. The standard InChI is InChI=1S/C14H15N3O5/c1-8(4-13(18)19)6-16-14(20)11-7-15-12-3-2-9(17(21)22)5-10(11)12/h2-3,5,7-8,15H,4,6H2,1H3,(H,16,20)(H,18,19). The number of carbonyl (C=O) groups is 2. The first-order valence-electron chi connectivity index (χ1n) is 6.64. The normalized spacial score (nSPS) is 12.0. The van der Waals surface area contributed by atoms with Crippen molar-refractivity contribution in [3.63, 3.8) is 0 Å². The van der Waals surface area contributed by atoms with Gasteiger partial charge >= 0.3 is 5.97 Å². The van der Waals surface area contributed by atoms with Crippen LogP contribution in [0.1, 0.15) is 23.7 Å². The number of fused-ring (bicyclic) bond motifs is 1. The molecule has 1 aromatic carbocycles. The lowest BCUT2D eigenvalue weighted by molar-refractivity contribution is -0.384. The molecule has 8 heteroatoms. The lowest BCUT2D eigenvalue weighted by Crippen LogP contribution is -2.29. The van der Waals surface area contributed by atoms with E-state index in [0.717, 1.165) is 0 Å². The first-order valence-corrected chi connectivity index (χ1v) is 6.64. The Morgan fingerprint density at radius 1 is 1.45 bits per heavy atom. The Morgan fingerprint density at radius 3 is 2.82 bits per heavy atom. The number of amides is 1. The number of carboxylic acids is 1. The molecule has 1 aromatic heterocycles. The molecule has 2 rings (SSSR count). The molecule has 116 valence electrons. The number of nitrogens with one attached hydrogen (secondary N) is 2. The number of aliphatic carboxylic acids is 1. The maximum atomic E-state index is 12.1. The Morgan fingerprint density at radius 2 is 2.18 bits per heavy atom. The van der Waals surface area contributed by atoms with E-state index in [4.69, 9.17) is 5.11 Å². The molecule has 1 unspecified atom stereocenters. The van der Waals surface area contributed by atoms with Crippen molar-refractivity contribution in [3.05, 3.63) is 40.1 Å². The van der Waals surface area contributed by atoms with E-state index in [1.807, 2.05) is 0 Å². The van der Waals surface area contributed by atoms with Gasteiger partial charge in [0.15, 0.2) is 0 Å². The Labute approximate surface area is 125 Å². The van der Waals surface area contributed by atoms with Gasteiger partial charge in [0, 0.05) is 42.2 Å². The van der Waals surface area contributed by atoms with Crippen molar-refractivity contribution in [3.8, 4) is 0 Å². The van der Waals surface area contributed by atoms with Crippen LogP contribution in [-0.4, -0.2) is 33.4 Å². The van der Waals surface area contributed by atoms with Gasteiger partial charge in [0.05, 0.1) is 10.5 Å². The summed E-state index contributed by atoms with van der Waals surface area (Å²) in [5.41, 5.74) is 0.816. The van der Waals surface area contributed by atoms with Crippen LogP contribution in [0.5, 0.6) is 0 Å². The molecular formula is C14H15N3O5. The topological polar surface area (TPSA) is 125 Å². The van der Waals surface area contributed by atoms with E-state index >= 15 is 0 Å². The minimum atomic E-state index is -0.926. The van der Waals surface area contributed by atoms with Crippen LogP contribution in [-0.2, 0) is 4.79 Å². The zero-order valence-electron chi connectivity index (χ0n) is 11.8. The van der Waals surface area contributed by atoms with Gasteiger partial charge in [-0.15, -0.1) is 0 Å². The number of H-pyrrole nitrogens is 1. The van der Waals surface area contributed by atoms with Crippen LogP contribution in [0.4, 0.5) is 5.69 Å². The molecule has 0 bridgehead atoms. The number of hydrogen-bond donors (Lipinski definition) is 3. The first kappa shape index (κ1) is 15.5. The van der Waals surface area contributed by atoms with Crippen molar-refractivity contribution in [1.82, 2.24) is 10.3 Å². The van der Waals surface area contributed by atoms with Crippen LogP contribution < -0.4 is 5.32 Å². The molecule has 8 nitrogen and oxygen atoms in total.